The van der Waals surface area contributed by atoms with Crippen LogP contribution < -0.4 is 0 Å². The van der Waals surface area contributed by atoms with Gasteiger partial charge >= 0.3 is 5.97 Å². The summed E-state index contributed by atoms with van der Waals surface area (Å²) >= 11 is 0. The molecule has 0 bridgehead atoms. The highest BCUT2D eigenvalue weighted by Gasteiger charge is 2.43. The van der Waals surface area contributed by atoms with Crippen molar-refractivity contribution >= 4 is 5.97 Å². The van der Waals surface area contributed by atoms with Crippen LogP contribution in [-0.2, 0) is 14.3 Å². The van der Waals surface area contributed by atoms with Gasteiger partial charge in [0.25, 0.3) is 0 Å². The van der Waals surface area contributed by atoms with Crippen LogP contribution in [0.4, 0.5) is 0 Å². The molecule has 1 aliphatic heterocycles. The minimum atomic E-state index is -0.184. The van der Waals surface area contributed by atoms with E-state index >= 15 is 0 Å². The molecule has 3 unspecified atom stereocenters. The SMILES string of the molecule is CCC(=CC1CCC2OC2C1)C(=O)OC. The Kier molecular flexibility index (Phi) is 3.10. The van der Waals surface area contributed by atoms with E-state index in [1.807, 2.05) is 6.92 Å². The van der Waals surface area contributed by atoms with Gasteiger partial charge in [-0.2, -0.15) is 0 Å². The number of fused-ring (bicyclic) bond motifs is 1. The average molecular weight is 210 g/mol. The van der Waals surface area contributed by atoms with Crippen LogP contribution in [0.2, 0.25) is 0 Å². The fourth-order valence-corrected chi connectivity index (χ4v) is 2.33. The van der Waals surface area contributed by atoms with Crippen molar-refractivity contribution in [2.24, 2.45) is 5.92 Å². The number of esters is 1. The maximum atomic E-state index is 11.4. The summed E-state index contributed by atoms with van der Waals surface area (Å²) in [7, 11) is 1.44. The van der Waals surface area contributed by atoms with Gasteiger partial charge in [-0.15, -0.1) is 0 Å². The van der Waals surface area contributed by atoms with Gasteiger partial charge in [0.15, 0.2) is 0 Å². The molecule has 0 N–H and O–H groups in total. The van der Waals surface area contributed by atoms with E-state index in [1.165, 1.54) is 7.11 Å². The molecular weight excluding hydrogens is 192 g/mol. The molecule has 84 valence electrons. The topological polar surface area (TPSA) is 38.8 Å². The summed E-state index contributed by atoms with van der Waals surface area (Å²) in [5.74, 6) is 0.319. The van der Waals surface area contributed by atoms with Crippen LogP contribution in [-0.4, -0.2) is 25.3 Å². The van der Waals surface area contributed by atoms with Gasteiger partial charge in [0, 0.05) is 5.57 Å². The summed E-state index contributed by atoms with van der Waals surface area (Å²) < 4.78 is 10.2. The first kappa shape index (κ1) is 10.7. The Labute approximate surface area is 90.4 Å². The molecule has 3 nitrogen and oxygen atoms in total. The molecule has 3 heteroatoms. The van der Waals surface area contributed by atoms with Crippen molar-refractivity contribution in [2.75, 3.05) is 7.11 Å². The van der Waals surface area contributed by atoms with Crippen LogP contribution in [0.1, 0.15) is 32.6 Å². The van der Waals surface area contributed by atoms with Gasteiger partial charge in [-0.3, -0.25) is 0 Å². The summed E-state index contributed by atoms with van der Waals surface area (Å²) in [6, 6.07) is 0. The quantitative estimate of drug-likeness (QED) is 0.406. The van der Waals surface area contributed by atoms with E-state index < -0.39 is 0 Å². The highest BCUT2D eigenvalue weighted by atomic mass is 16.6. The molecule has 1 saturated heterocycles. The third-order valence-electron chi connectivity index (χ3n) is 3.31. The maximum absolute atomic E-state index is 11.4. The fraction of sp³-hybridized carbons (Fsp3) is 0.750. The van der Waals surface area contributed by atoms with Crippen LogP contribution >= 0.6 is 0 Å². The summed E-state index contributed by atoms with van der Waals surface area (Å²) in [6.45, 7) is 1.99. The number of allylic oxidation sites excluding steroid dienone is 1. The molecule has 0 aromatic carbocycles. The van der Waals surface area contributed by atoms with Crippen molar-refractivity contribution in [1.82, 2.24) is 0 Å². The Hall–Kier alpha value is -0.830. The highest BCUT2D eigenvalue weighted by Crippen LogP contribution is 2.40. The molecule has 0 aromatic heterocycles. The Morgan fingerprint density at radius 3 is 2.87 bits per heavy atom. The first-order valence-electron chi connectivity index (χ1n) is 5.69. The van der Waals surface area contributed by atoms with Crippen molar-refractivity contribution in [3.8, 4) is 0 Å². The lowest BCUT2D eigenvalue weighted by Gasteiger charge is -2.16. The summed E-state index contributed by atoms with van der Waals surface area (Å²) in [4.78, 5) is 11.4. The maximum Gasteiger partial charge on any atom is 0.333 e. The Balaban J connectivity index is 1.96. The molecule has 2 rings (SSSR count). The van der Waals surface area contributed by atoms with Gasteiger partial charge in [-0.1, -0.05) is 13.0 Å². The van der Waals surface area contributed by atoms with Crippen LogP contribution in [0.25, 0.3) is 0 Å². The molecule has 0 spiro atoms. The molecule has 2 fully saturated rings. The van der Waals surface area contributed by atoms with Gasteiger partial charge in [0.2, 0.25) is 0 Å². The Morgan fingerprint density at radius 1 is 1.47 bits per heavy atom. The lowest BCUT2D eigenvalue weighted by atomic mass is 9.87. The number of rotatable bonds is 3. The zero-order valence-electron chi connectivity index (χ0n) is 9.36. The molecule has 15 heavy (non-hydrogen) atoms. The van der Waals surface area contributed by atoms with Crippen molar-refractivity contribution in [3.05, 3.63) is 11.6 Å². The smallest absolute Gasteiger partial charge is 0.333 e. The summed E-state index contributed by atoms with van der Waals surface area (Å²) in [6.07, 6.45) is 7.19. The number of methoxy groups -OCH3 is 1. The van der Waals surface area contributed by atoms with Gasteiger partial charge < -0.3 is 9.47 Å². The van der Waals surface area contributed by atoms with Crippen LogP contribution in [0.5, 0.6) is 0 Å². The van der Waals surface area contributed by atoms with Crippen LogP contribution in [0, 0.1) is 5.92 Å². The molecular formula is C12H18O3. The van der Waals surface area contributed by atoms with Crippen molar-refractivity contribution in [1.29, 1.82) is 0 Å². The van der Waals surface area contributed by atoms with E-state index in [0.29, 0.717) is 18.1 Å². The van der Waals surface area contributed by atoms with Gasteiger partial charge in [-0.05, 0) is 31.6 Å². The number of epoxide rings is 1. The van der Waals surface area contributed by atoms with Gasteiger partial charge in [-0.25, -0.2) is 4.79 Å². The Bertz CT molecular complexity index is 283. The third-order valence-corrected chi connectivity index (χ3v) is 3.31. The largest absolute Gasteiger partial charge is 0.466 e. The molecule has 1 aliphatic carbocycles. The summed E-state index contributed by atoms with van der Waals surface area (Å²) in [5, 5.41) is 0. The standard InChI is InChI=1S/C12H18O3/c1-3-9(12(13)14-2)6-8-4-5-10-11(7-8)15-10/h6,8,10-11H,3-5,7H2,1-2H3. The van der Waals surface area contributed by atoms with Gasteiger partial charge in [0.05, 0.1) is 19.3 Å². The predicted octanol–water partition coefficient (Wildman–Crippen LogP) is 2.06. The predicted molar refractivity (Wildman–Crippen MR) is 56.4 cm³/mol. The van der Waals surface area contributed by atoms with E-state index in [2.05, 4.69) is 6.08 Å². The number of carbonyl (C=O) groups is 1. The van der Waals surface area contributed by atoms with E-state index in [1.54, 1.807) is 0 Å². The second-order valence-corrected chi connectivity index (χ2v) is 4.32. The average Bonchev–Trinajstić information content (AvgIpc) is 3.03. The summed E-state index contributed by atoms with van der Waals surface area (Å²) in [5.41, 5.74) is 0.807. The molecule has 0 aromatic rings. The van der Waals surface area contributed by atoms with Crippen LogP contribution in [0.3, 0.4) is 0 Å². The second-order valence-electron chi connectivity index (χ2n) is 4.32. The molecule has 1 heterocycles. The highest BCUT2D eigenvalue weighted by molar-refractivity contribution is 5.88. The number of hydrogen-bond acceptors (Lipinski definition) is 3. The second kappa shape index (κ2) is 4.35. The third kappa shape index (κ3) is 2.40. The zero-order valence-corrected chi connectivity index (χ0v) is 9.36. The van der Waals surface area contributed by atoms with E-state index in [0.717, 1.165) is 31.3 Å². The van der Waals surface area contributed by atoms with E-state index in [-0.39, 0.29) is 5.97 Å². The van der Waals surface area contributed by atoms with E-state index in [4.69, 9.17) is 9.47 Å². The van der Waals surface area contributed by atoms with Crippen molar-refractivity contribution in [3.63, 3.8) is 0 Å². The number of carbonyl (C=O) groups excluding carboxylic acids is 1. The number of ether oxygens (including phenoxy) is 2. The minimum Gasteiger partial charge on any atom is -0.466 e. The molecule has 0 amide bonds. The Morgan fingerprint density at radius 2 is 2.27 bits per heavy atom. The van der Waals surface area contributed by atoms with E-state index in [9.17, 15) is 4.79 Å². The zero-order chi connectivity index (χ0) is 10.8. The lowest BCUT2D eigenvalue weighted by Crippen LogP contribution is -2.14. The van der Waals surface area contributed by atoms with Crippen molar-refractivity contribution in [2.45, 2.75) is 44.8 Å². The molecule has 1 saturated carbocycles. The molecule has 3 atom stereocenters. The van der Waals surface area contributed by atoms with Crippen LogP contribution in [0.15, 0.2) is 11.6 Å². The minimum absolute atomic E-state index is 0.184. The molecule has 0 radical (unpaired) electrons. The number of hydrogen-bond donors (Lipinski definition) is 0. The molecule has 2 aliphatic rings. The van der Waals surface area contributed by atoms with Crippen molar-refractivity contribution < 1.29 is 14.3 Å². The normalized spacial score (nSPS) is 34.5. The first-order chi connectivity index (χ1) is 7.24. The monoisotopic (exact) mass is 210 g/mol. The van der Waals surface area contributed by atoms with Gasteiger partial charge in [0.1, 0.15) is 0 Å². The fourth-order valence-electron chi connectivity index (χ4n) is 2.33. The first-order valence-corrected chi connectivity index (χ1v) is 5.69. The lowest BCUT2D eigenvalue weighted by molar-refractivity contribution is -0.136.